The molecule has 2 aliphatic rings. The number of carbonyl (C=O) groups excluding carboxylic acids is 2. The lowest BCUT2D eigenvalue weighted by atomic mass is 9.80. The molecule has 0 spiro atoms. The molecule has 19 heavy (non-hydrogen) atoms. The molecule has 0 radical (unpaired) electrons. The molecular weight excluding hydrogens is 262 g/mol. The standard InChI is InChI=1S/C14H17NO3S/c1-18-10-3-2-9-7-15(14(17)12(9)6-10)13-5-4-11(8-16)19-13/h4-5,8-10,12H,2-3,6-7H2,1H3. The van der Waals surface area contributed by atoms with Crippen LogP contribution in [-0.4, -0.2) is 32.0 Å². The first-order valence-electron chi connectivity index (χ1n) is 6.62. The molecule has 2 heterocycles. The molecule has 3 atom stereocenters. The van der Waals surface area contributed by atoms with Crippen LogP contribution in [0.5, 0.6) is 0 Å². The summed E-state index contributed by atoms with van der Waals surface area (Å²) in [7, 11) is 1.72. The Labute approximate surface area is 116 Å². The molecule has 1 aromatic heterocycles. The minimum Gasteiger partial charge on any atom is -0.381 e. The van der Waals surface area contributed by atoms with Gasteiger partial charge in [-0.1, -0.05) is 0 Å². The van der Waals surface area contributed by atoms with Crippen molar-refractivity contribution < 1.29 is 14.3 Å². The average Bonchev–Trinajstić information content (AvgIpc) is 3.03. The zero-order valence-electron chi connectivity index (χ0n) is 10.9. The molecule has 3 unspecified atom stereocenters. The van der Waals surface area contributed by atoms with Gasteiger partial charge in [0.2, 0.25) is 5.91 Å². The van der Waals surface area contributed by atoms with Crippen LogP contribution in [-0.2, 0) is 9.53 Å². The number of amides is 1. The van der Waals surface area contributed by atoms with E-state index in [0.717, 1.165) is 37.1 Å². The number of nitrogens with zero attached hydrogens (tertiary/aromatic N) is 1. The highest BCUT2D eigenvalue weighted by molar-refractivity contribution is 7.17. The Morgan fingerprint density at radius 1 is 1.42 bits per heavy atom. The summed E-state index contributed by atoms with van der Waals surface area (Å²) in [5.41, 5.74) is 0. The quantitative estimate of drug-likeness (QED) is 0.798. The summed E-state index contributed by atoms with van der Waals surface area (Å²) in [6.07, 6.45) is 3.99. The van der Waals surface area contributed by atoms with Crippen molar-refractivity contribution in [3.8, 4) is 0 Å². The summed E-state index contributed by atoms with van der Waals surface area (Å²) in [5.74, 6) is 0.743. The predicted octanol–water partition coefficient (Wildman–Crippen LogP) is 2.34. The van der Waals surface area contributed by atoms with Gasteiger partial charge in [-0.3, -0.25) is 9.59 Å². The smallest absolute Gasteiger partial charge is 0.231 e. The fourth-order valence-corrected chi connectivity index (χ4v) is 4.04. The van der Waals surface area contributed by atoms with Crippen LogP contribution in [0.3, 0.4) is 0 Å². The van der Waals surface area contributed by atoms with Crippen molar-refractivity contribution in [3.63, 3.8) is 0 Å². The van der Waals surface area contributed by atoms with E-state index in [-0.39, 0.29) is 17.9 Å². The highest BCUT2D eigenvalue weighted by atomic mass is 32.1. The monoisotopic (exact) mass is 279 g/mol. The van der Waals surface area contributed by atoms with Gasteiger partial charge in [0.1, 0.15) is 0 Å². The first-order valence-corrected chi connectivity index (χ1v) is 7.43. The van der Waals surface area contributed by atoms with Crippen molar-refractivity contribution in [2.75, 3.05) is 18.6 Å². The van der Waals surface area contributed by atoms with Crippen molar-refractivity contribution >= 4 is 28.5 Å². The number of rotatable bonds is 3. The number of aldehydes is 1. The first kappa shape index (κ1) is 12.8. The van der Waals surface area contributed by atoms with Crippen LogP contribution in [0.4, 0.5) is 5.00 Å². The number of hydrogen-bond acceptors (Lipinski definition) is 4. The summed E-state index contributed by atoms with van der Waals surface area (Å²) in [5, 5.41) is 0.899. The molecular formula is C14H17NO3S. The molecule has 102 valence electrons. The van der Waals surface area contributed by atoms with Crippen molar-refractivity contribution in [1.82, 2.24) is 0 Å². The normalized spacial score (nSPS) is 30.5. The minimum atomic E-state index is 0.0977. The summed E-state index contributed by atoms with van der Waals surface area (Å²) in [6, 6.07) is 3.65. The molecule has 1 saturated heterocycles. The molecule has 1 aliphatic heterocycles. The number of hydrogen-bond donors (Lipinski definition) is 0. The van der Waals surface area contributed by atoms with Crippen LogP contribution in [0.1, 0.15) is 28.9 Å². The van der Waals surface area contributed by atoms with E-state index in [4.69, 9.17) is 4.74 Å². The highest BCUT2D eigenvalue weighted by Gasteiger charge is 2.44. The van der Waals surface area contributed by atoms with Crippen molar-refractivity contribution in [2.45, 2.75) is 25.4 Å². The molecule has 3 rings (SSSR count). The maximum Gasteiger partial charge on any atom is 0.231 e. The molecule has 1 aromatic rings. The van der Waals surface area contributed by atoms with Crippen LogP contribution in [0.25, 0.3) is 0 Å². The van der Waals surface area contributed by atoms with Crippen LogP contribution < -0.4 is 4.90 Å². The molecule has 1 saturated carbocycles. The second kappa shape index (κ2) is 5.06. The third-order valence-corrected chi connectivity index (χ3v) is 5.31. The topological polar surface area (TPSA) is 46.6 Å². The van der Waals surface area contributed by atoms with Gasteiger partial charge in [-0.15, -0.1) is 11.3 Å². The summed E-state index contributed by atoms with van der Waals surface area (Å²) < 4.78 is 5.40. The highest BCUT2D eigenvalue weighted by Crippen LogP contribution is 2.41. The van der Waals surface area contributed by atoms with E-state index in [1.807, 2.05) is 11.0 Å². The van der Waals surface area contributed by atoms with Crippen molar-refractivity contribution in [1.29, 1.82) is 0 Å². The molecule has 2 fully saturated rings. The van der Waals surface area contributed by atoms with Gasteiger partial charge in [0.05, 0.1) is 16.0 Å². The van der Waals surface area contributed by atoms with Gasteiger partial charge in [-0.05, 0) is 37.3 Å². The Hall–Kier alpha value is -1.20. The van der Waals surface area contributed by atoms with Gasteiger partial charge in [0, 0.05) is 19.6 Å². The average molecular weight is 279 g/mol. The van der Waals surface area contributed by atoms with E-state index in [1.165, 1.54) is 11.3 Å². The fraction of sp³-hybridized carbons (Fsp3) is 0.571. The molecule has 1 aliphatic carbocycles. The number of anilines is 1. The largest absolute Gasteiger partial charge is 0.381 e. The van der Waals surface area contributed by atoms with Crippen LogP contribution in [0.2, 0.25) is 0 Å². The van der Waals surface area contributed by atoms with Crippen LogP contribution in [0.15, 0.2) is 12.1 Å². The van der Waals surface area contributed by atoms with Gasteiger partial charge < -0.3 is 9.64 Å². The Bertz CT molecular complexity index is 499. The molecule has 0 N–H and O–H groups in total. The van der Waals surface area contributed by atoms with E-state index < -0.39 is 0 Å². The fourth-order valence-electron chi connectivity index (χ4n) is 3.20. The number of fused-ring (bicyclic) bond motifs is 1. The lowest BCUT2D eigenvalue weighted by molar-refractivity contribution is -0.123. The Morgan fingerprint density at radius 3 is 2.95 bits per heavy atom. The number of carbonyl (C=O) groups is 2. The van der Waals surface area contributed by atoms with E-state index in [1.54, 1.807) is 13.2 Å². The van der Waals surface area contributed by atoms with Gasteiger partial charge in [-0.2, -0.15) is 0 Å². The third-order valence-electron chi connectivity index (χ3n) is 4.27. The van der Waals surface area contributed by atoms with E-state index in [9.17, 15) is 9.59 Å². The SMILES string of the molecule is COC1CCC2CN(c3ccc(C=O)s3)C(=O)C2C1. The van der Waals surface area contributed by atoms with Crippen molar-refractivity contribution in [2.24, 2.45) is 11.8 Å². The molecule has 0 bridgehead atoms. The summed E-state index contributed by atoms with van der Waals surface area (Å²) >= 11 is 1.39. The van der Waals surface area contributed by atoms with Gasteiger partial charge in [-0.25, -0.2) is 0 Å². The van der Waals surface area contributed by atoms with Gasteiger partial charge >= 0.3 is 0 Å². The summed E-state index contributed by atoms with van der Waals surface area (Å²) in [4.78, 5) is 25.8. The lowest BCUT2D eigenvalue weighted by Gasteiger charge is -2.28. The third kappa shape index (κ3) is 2.21. The molecule has 5 heteroatoms. The Balaban J connectivity index is 1.79. The number of thiophene rings is 1. The van der Waals surface area contributed by atoms with E-state index >= 15 is 0 Å². The second-order valence-electron chi connectivity index (χ2n) is 5.28. The van der Waals surface area contributed by atoms with Crippen LogP contribution >= 0.6 is 11.3 Å². The second-order valence-corrected chi connectivity index (χ2v) is 6.37. The van der Waals surface area contributed by atoms with E-state index in [2.05, 4.69) is 0 Å². The van der Waals surface area contributed by atoms with E-state index in [0.29, 0.717) is 10.8 Å². The Morgan fingerprint density at radius 2 is 2.26 bits per heavy atom. The van der Waals surface area contributed by atoms with Gasteiger partial charge in [0.15, 0.2) is 6.29 Å². The molecule has 1 amide bonds. The van der Waals surface area contributed by atoms with Crippen LogP contribution in [0, 0.1) is 11.8 Å². The lowest BCUT2D eigenvalue weighted by Crippen LogP contribution is -2.31. The number of methoxy groups -OCH3 is 1. The number of ether oxygens (including phenoxy) is 1. The molecule has 0 aromatic carbocycles. The first-order chi connectivity index (χ1) is 9.22. The van der Waals surface area contributed by atoms with Crippen molar-refractivity contribution in [3.05, 3.63) is 17.0 Å². The predicted molar refractivity (Wildman–Crippen MR) is 73.7 cm³/mol. The minimum absolute atomic E-state index is 0.0977. The maximum absolute atomic E-state index is 12.5. The summed E-state index contributed by atoms with van der Waals surface area (Å²) in [6.45, 7) is 0.790. The van der Waals surface area contributed by atoms with Gasteiger partial charge in [0.25, 0.3) is 0 Å². The zero-order valence-corrected chi connectivity index (χ0v) is 11.7. The zero-order chi connectivity index (χ0) is 13.4. The maximum atomic E-state index is 12.5. The molecule has 4 nitrogen and oxygen atoms in total. The Kier molecular flexibility index (Phi) is 3.41.